The quantitative estimate of drug-likeness (QED) is 0.0775. The van der Waals surface area contributed by atoms with Gasteiger partial charge < -0.3 is 9.84 Å². The van der Waals surface area contributed by atoms with Gasteiger partial charge in [-0.15, -0.1) is 13.2 Å². The maximum atomic E-state index is 13.8. The van der Waals surface area contributed by atoms with Gasteiger partial charge in [0.25, 0.3) is 0 Å². The molecule has 0 aliphatic carbocycles. The monoisotopic (exact) mass is 787 g/mol. The van der Waals surface area contributed by atoms with Crippen LogP contribution < -0.4 is 20.7 Å². The molecule has 2 nitrogen and oxygen atoms in total. The summed E-state index contributed by atoms with van der Waals surface area (Å²) in [5, 5.41) is 10.6. The highest BCUT2D eigenvalue weighted by Gasteiger charge is 2.59. The minimum absolute atomic E-state index is 0.0474. The fourth-order valence-electron chi connectivity index (χ4n) is 6.77. The summed E-state index contributed by atoms with van der Waals surface area (Å²) in [6.07, 6.45) is -9.76. The summed E-state index contributed by atoms with van der Waals surface area (Å²) < 4.78 is 131. The molecule has 0 heterocycles. The Hall–Kier alpha value is -5.02. The first-order valence-electron chi connectivity index (χ1n) is 16.9. The van der Waals surface area contributed by atoms with Gasteiger partial charge in [0.1, 0.15) is 46.4 Å². The maximum absolute atomic E-state index is 13.8. The number of aromatic hydroxyl groups is 1. The van der Waals surface area contributed by atoms with Gasteiger partial charge in [0, 0.05) is 11.1 Å². The van der Waals surface area contributed by atoms with Crippen LogP contribution >= 0.6 is 7.26 Å². The fourth-order valence-corrected chi connectivity index (χ4v) is 11.8. The second-order valence-corrected chi connectivity index (χ2v) is 17.7. The zero-order chi connectivity index (χ0) is 40.4. The van der Waals surface area contributed by atoms with Crippen LogP contribution in [-0.2, 0) is 31.4 Å². The maximum Gasteiger partial charge on any atom is 0.416 e. The van der Waals surface area contributed by atoms with E-state index in [0.717, 1.165) is 47.5 Å². The van der Waals surface area contributed by atoms with Crippen LogP contribution in [0.1, 0.15) is 41.7 Å². The molecule has 0 saturated carbocycles. The fraction of sp³-hybridized carbons (Fsp3) is 0.209. The Morgan fingerprint density at radius 2 is 0.909 bits per heavy atom. The first-order valence-corrected chi connectivity index (χ1v) is 18.7. The molecular weight excluding hydrogens is 750 g/mol. The summed E-state index contributed by atoms with van der Waals surface area (Å²) in [6, 6.07) is 22.9. The molecule has 12 heteroatoms. The van der Waals surface area contributed by atoms with Crippen molar-refractivity contribution in [2.75, 3.05) is 6.61 Å². The van der Waals surface area contributed by atoms with Gasteiger partial charge in [-0.2, -0.15) is 39.5 Å². The van der Waals surface area contributed by atoms with Gasteiger partial charge in [-0.3, -0.25) is 0 Å². The van der Waals surface area contributed by atoms with E-state index in [0.29, 0.717) is 29.7 Å². The second kappa shape index (κ2) is 15.6. The molecule has 5 aromatic carbocycles. The Labute approximate surface area is 314 Å². The van der Waals surface area contributed by atoms with Crippen molar-refractivity contribution in [2.24, 2.45) is 0 Å². The zero-order valence-electron chi connectivity index (χ0n) is 29.8. The molecule has 1 N–H and O–H groups in total. The van der Waals surface area contributed by atoms with Crippen molar-refractivity contribution < 1.29 is 49.4 Å². The van der Waals surface area contributed by atoms with Crippen LogP contribution in [0.4, 0.5) is 39.5 Å². The Kier molecular flexibility index (Phi) is 11.7. The van der Waals surface area contributed by atoms with Gasteiger partial charge in [-0.1, -0.05) is 24.3 Å². The van der Waals surface area contributed by atoms with Gasteiger partial charge >= 0.3 is 18.5 Å². The van der Waals surface area contributed by atoms with Crippen molar-refractivity contribution in [3.8, 4) is 22.6 Å². The van der Waals surface area contributed by atoms with Gasteiger partial charge in [0.05, 0.1) is 16.7 Å². The minimum Gasteiger partial charge on any atom is -0.507 e. The predicted molar refractivity (Wildman–Crippen MR) is 201 cm³/mol. The van der Waals surface area contributed by atoms with Gasteiger partial charge in [0.2, 0.25) is 0 Å². The van der Waals surface area contributed by atoms with Crippen LogP contribution in [0.25, 0.3) is 11.1 Å². The molecule has 0 atom stereocenters. The molecule has 0 bridgehead atoms. The molecule has 0 fully saturated rings. The number of ether oxygens (including phenoxy) is 1. The first-order chi connectivity index (χ1) is 25.7. The Morgan fingerprint density at radius 3 is 1.27 bits per heavy atom. The number of halogens is 9. The molecule has 5 rings (SSSR count). The summed E-state index contributed by atoms with van der Waals surface area (Å²) in [5.74, 6) is 0.256. The number of hydrogen-bond donors (Lipinski definition) is 1. The Bertz CT molecular complexity index is 1990. The molecule has 0 spiro atoms. The third-order valence-electron chi connectivity index (χ3n) is 9.39. The lowest BCUT2D eigenvalue weighted by Crippen LogP contribution is -2.47. The smallest absolute Gasteiger partial charge is 0.416 e. The van der Waals surface area contributed by atoms with Crippen molar-refractivity contribution in [1.29, 1.82) is 0 Å². The average Bonchev–Trinajstić information content (AvgIpc) is 3.12. The van der Waals surface area contributed by atoms with E-state index in [2.05, 4.69) is 13.2 Å². The van der Waals surface area contributed by atoms with Gasteiger partial charge in [-0.05, 0) is 135 Å². The van der Waals surface area contributed by atoms with Crippen LogP contribution in [0.2, 0.25) is 0 Å². The highest BCUT2D eigenvalue weighted by atomic mass is 31.2. The summed E-state index contributed by atoms with van der Waals surface area (Å²) >= 11 is 0. The molecule has 0 amide bonds. The number of phenols is 1. The number of allylic oxidation sites excluding steroid dienone is 2. The van der Waals surface area contributed by atoms with Crippen molar-refractivity contribution in [3.05, 3.63) is 162 Å². The Morgan fingerprint density at radius 1 is 0.545 bits per heavy atom. The van der Waals surface area contributed by atoms with E-state index in [9.17, 15) is 44.6 Å². The first kappa shape index (κ1) is 41.1. The molecule has 0 aromatic heterocycles. The molecule has 55 heavy (non-hydrogen) atoms. The van der Waals surface area contributed by atoms with Crippen LogP contribution in [-0.4, -0.2) is 16.9 Å². The summed E-state index contributed by atoms with van der Waals surface area (Å²) in [4.78, 5) is 0. The largest absolute Gasteiger partial charge is 0.507 e. The molecule has 0 aliphatic heterocycles. The lowest BCUT2D eigenvalue weighted by molar-refractivity contribution is -0.138. The van der Waals surface area contributed by atoms with Crippen molar-refractivity contribution >= 4 is 23.2 Å². The molecular formula is C43H37F9O2P+. The summed E-state index contributed by atoms with van der Waals surface area (Å²) in [6.45, 7) is 10.8. The predicted octanol–water partition coefficient (Wildman–Crippen LogP) is 11.7. The number of alkyl halides is 9. The van der Waals surface area contributed by atoms with Gasteiger partial charge in [-0.25, -0.2) is 0 Å². The standard InChI is InChI=1S/C43H36F9O2P/c1-5-7-28-9-23-38(53)36(25-28)37-26-29(8-6-2)10-24-39(37)54-27-40(3,4)55(33-17-11-30(12-18-33)41(44,45)46,34-19-13-31(14-20-34)42(47,48)49)35-21-15-32(16-22-35)43(50,51)52/h5-6,9-26H,1-2,7-8,27H2,3-4H3/p+1. The SMILES string of the molecule is C=CCc1ccc(O)c(-c2cc(CC=C)ccc2OCC(C)(C)[P+](c2ccc(C(F)(F)F)cc2)(c2ccc(C(F)(F)F)cc2)c2ccc(C(F)(F)F)cc2)c1. The second-order valence-electron chi connectivity index (χ2n) is 13.6. The number of hydrogen-bond acceptors (Lipinski definition) is 2. The zero-order valence-corrected chi connectivity index (χ0v) is 30.7. The van der Waals surface area contributed by atoms with Gasteiger partial charge in [0.15, 0.2) is 0 Å². The van der Waals surface area contributed by atoms with E-state index in [1.54, 1.807) is 56.3 Å². The normalized spacial score (nSPS) is 12.7. The van der Waals surface area contributed by atoms with Crippen molar-refractivity contribution in [2.45, 2.75) is 50.4 Å². The van der Waals surface area contributed by atoms with E-state index in [1.807, 2.05) is 6.07 Å². The molecule has 288 valence electrons. The van der Waals surface area contributed by atoms with E-state index in [1.165, 1.54) is 36.4 Å². The van der Waals surface area contributed by atoms with Crippen LogP contribution in [0.3, 0.4) is 0 Å². The highest BCUT2D eigenvalue weighted by molar-refractivity contribution is 7.96. The van der Waals surface area contributed by atoms with Crippen LogP contribution in [0.15, 0.2) is 135 Å². The third-order valence-corrected chi connectivity index (χ3v) is 14.6. The lowest BCUT2D eigenvalue weighted by atomic mass is 9.97. The van der Waals surface area contributed by atoms with Crippen LogP contribution in [0.5, 0.6) is 11.5 Å². The molecule has 5 aromatic rings. The van der Waals surface area contributed by atoms with E-state index < -0.39 is 47.6 Å². The number of benzene rings is 5. The number of rotatable bonds is 12. The number of phenolic OH excluding ortho intramolecular Hbond substituents is 1. The van der Waals surface area contributed by atoms with Crippen molar-refractivity contribution in [1.82, 2.24) is 0 Å². The molecule has 0 saturated heterocycles. The summed E-state index contributed by atoms with van der Waals surface area (Å²) in [5.41, 5.74) is -0.317. The average molecular weight is 788 g/mol. The van der Waals surface area contributed by atoms with Crippen molar-refractivity contribution in [3.63, 3.8) is 0 Å². The highest BCUT2D eigenvalue weighted by Crippen LogP contribution is 2.66. The molecule has 0 unspecified atom stereocenters. The third kappa shape index (κ3) is 8.62. The Balaban J connectivity index is 1.76. The van der Waals surface area contributed by atoms with E-state index in [-0.39, 0.29) is 28.3 Å². The van der Waals surface area contributed by atoms with E-state index >= 15 is 0 Å². The lowest BCUT2D eigenvalue weighted by Gasteiger charge is -2.40. The minimum atomic E-state index is -4.72. The molecule has 0 radical (unpaired) electrons. The summed E-state index contributed by atoms with van der Waals surface area (Å²) in [7, 11) is -3.54. The van der Waals surface area contributed by atoms with Crippen LogP contribution in [0, 0.1) is 0 Å². The van der Waals surface area contributed by atoms with E-state index in [4.69, 9.17) is 4.74 Å². The molecule has 0 aliphatic rings. The topological polar surface area (TPSA) is 29.5 Å².